The lowest BCUT2D eigenvalue weighted by Crippen LogP contribution is -2.52. The van der Waals surface area contributed by atoms with E-state index in [2.05, 4.69) is 40.3 Å². The first-order valence-electron chi connectivity index (χ1n) is 9.38. The van der Waals surface area contributed by atoms with Crippen LogP contribution in [-0.4, -0.2) is 33.4 Å². The zero-order valence-electron chi connectivity index (χ0n) is 15.3. The van der Waals surface area contributed by atoms with Crippen molar-refractivity contribution in [2.75, 3.05) is 13.1 Å². The number of piperidine rings is 1. The average Bonchev–Trinajstić information content (AvgIpc) is 3.34. The molecule has 0 aliphatic carbocycles. The van der Waals surface area contributed by atoms with Crippen molar-refractivity contribution in [3.63, 3.8) is 0 Å². The van der Waals surface area contributed by atoms with E-state index in [0.29, 0.717) is 0 Å². The second-order valence-corrected chi connectivity index (χ2v) is 8.33. The van der Waals surface area contributed by atoms with Crippen LogP contribution in [0.2, 0.25) is 0 Å². The number of aromatic nitrogens is 2. The Bertz CT molecular complexity index is 997. The van der Waals surface area contributed by atoms with Crippen LogP contribution in [0.15, 0.2) is 48.1 Å². The Morgan fingerprint density at radius 1 is 1.22 bits per heavy atom. The van der Waals surface area contributed by atoms with Gasteiger partial charge in [0.25, 0.3) is 5.91 Å². The molecule has 1 fully saturated rings. The fourth-order valence-electron chi connectivity index (χ4n) is 4.32. The van der Waals surface area contributed by atoms with Crippen molar-refractivity contribution in [2.24, 2.45) is 0 Å². The minimum atomic E-state index is -0.191. The number of hydrogen-bond acceptors (Lipinski definition) is 4. The van der Waals surface area contributed by atoms with Crippen molar-refractivity contribution in [1.29, 1.82) is 0 Å². The number of nitrogens with one attached hydrogen (secondary N) is 1. The second-order valence-electron chi connectivity index (χ2n) is 7.41. The van der Waals surface area contributed by atoms with E-state index in [-0.39, 0.29) is 11.4 Å². The van der Waals surface area contributed by atoms with Crippen LogP contribution >= 0.6 is 11.3 Å². The average molecular weight is 379 g/mol. The van der Waals surface area contributed by atoms with Gasteiger partial charge in [-0.1, -0.05) is 18.2 Å². The highest BCUT2D eigenvalue weighted by molar-refractivity contribution is 7.12. The van der Waals surface area contributed by atoms with Gasteiger partial charge in [-0.15, -0.1) is 11.3 Å². The Morgan fingerprint density at radius 2 is 2.04 bits per heavy atom. The van der Waals surface area contributed by atoms with E-state index in [1.807, 2.05) is 29.5 Å². The van der Waals surface area contributed by atoms with Crippen LogP contribution in [0.1, 0.15) is 39.5 Å². The number of thiophene rings is 1. The fourth-order valence-corrected chi connectivity index (χ4v) is 5.21. The number of likely N-dealkylation sites (tertiary alicyclic amines) is 1. The zero-order chi connectivity index (χ0) is 18.4. The predicted molar refractivity (Wildman–Crippen MR) is 106 cm³/mol. The lowest BCUT2D eigenvalue weighted by molar-refractivity contribution is 0.0630. The molecular formula is C21H22N4OS. The van der Waals surface area contributed by atoms with Gasteiger partial charge in [0.2, 0.25) is 0 Å². The van der Waals surface area contributed by atoms with Gasteiger partial charge < -0.3 is 14.8 Å². The minimum Gasteiger partial charge on any atom is -0.338 e. The van der Waals surface area contributed by atoms with Gasteiger partial charge in [0, 0.05) is 32.0 Å². The summed E-state index contributed by atoms with van der Waals surface area (Å²) >= 11 is 1.54. The van der Waals surface area contributed by atoms with Gasteiger partial charge in [0.1, 0.15) is 5.82 Å². The Labute approximate surface area is 162 Å². The first kappa shape index (κ1) is 16.7. The molecule has 1 N–H and O–H groups in total. The van der Waals surface area contributed by atoms with E-state index >= 15 is 0 Å². The van der Waals surface area contributed by atoms with E-state index < -0.39 is 0 Å². The third-order valence-electron chi connectivity index (χ3n) is 5.90. The number of aryl methyl sites for hydroxylation is 1. The normalized spacial score (nSPS) is 18.0. The molecule has 0 bridgehead atoms. The number of hydrogen-bond donors (Lipinski definition) is 1. The van der Waals surface area contributed by atoms with Crippen molar-refractivity contribution in [2.45, 2.75) is 31.8 Å². The summed E-state index contributed by atoms with van der Waals surface area (Å²) in [6.07, 6.45) is 5.67. The largest absolute Gasteiger partial charge is 0.338 e. The fraction of sp³-hybridized carbons (Fsp3) is 0.333. The summed E-state index contributed by atoms with van der Waals surface area (Å²) in [5, 5.41) is 5.78. The lowest BCUT2D eigenvalue weighted by atomic mass is 9.86. The van der Waals surface area contributed by atoms with Gasteiger partial charge in [-0.05, 0) is 48.4 Å². The van der Waals surface area contributed by atoms with E-state index in [4.69, 9.17) is 4.98 Å². The summed E-state index contributed by atoms with van der Waals surface area (Å²) in [4.78, 5) is 20.5. The number of carbonyl (C=O) groups excluding carboxylic acids is 1. The molecule has 2 aliphatic heterocycles. The third-order valence-corrected chi connectivity index (χ3v) is 6.90. The van der Waals surface area contributed by atoms with Crippen molar-refractivity contribution >= 4 is 17.2 Å². The van der Waals surface area contributed by atoms with Gasteiger partial charge in [0.05, 0.1) is 16.1 Å². The molecule has 0 atom stereocenters. The predicted octanol–water partition coefficient (Wildman–Crippen LogP) is 3.48. The molecule has 138 valence electrons. The van der Waals surface area contributed by atoms with Crippen molar-refractivity contribution in [3.05, 3.63) is 69.9 Å². The maximum Gasteiger partial charge on any atom is 0.264 e. The quantitative estimate of drug-likeness (QED) is 0.705. The molecule has 6 heteroatoms. The van der Waals surface area contributed by atoms with E-state index in [1.54, 1.807) is 0 Å². The molecule has 2 aliphatic rings. The Balaban J connectivity index is 1.43. The third kappa shape index (κ3) is 2.63. The van der Waals surface area contributed by atoms with E-state index in [0.717, 1.165) is 48.7 Å². The molecule has 5 nitrogen and oxygen atoms in total. The number of fused-ring (bicyclic) bond motifs is 4. The summed E-state index contributed by atoms with van der Waals surface area (Å²) in [6, 6.07) is 10.5. The molecule has 1 aromatic carbocycles. The summed E-state index contributed by atoms with van der Waals surface area (Å²) in [6.45, 7) is 4.31. The number of carbonyl (C=O) groups is 1. The van der Waals surface area contributed by atoms with E-state index in [9.17, 15) is 4.79 Å². The summed E-state index contributed by atoms with van der Waals surface area (Å²) in [5.74, 6) is 1.23. The molecular weight excluding hydrogens is 356 g/mol. The molecule has 1 saturated heterocycles. The molecule has 1 amide bonds. The summed E-state index contributed by atoms with van der Waals surface area (Å²) < 4.78 is 2.22. The standard InChI is InChI=1S/C21H22N4OS/c1-15-6-13-27-18(15)19(26)24-10-7-21(8-11-24)20-22-9-12-25(20)17-5-3-2-4-16(17)14-23-21/h2-6,9,12-13,23H,7-8,10-11,14H2,1H3. The molecule has 3 aromatic rings. The molecule has 5 rings (SSSR count). The Kier molecular flexibility index (Phi) is 3.91. The number of rotatable bonds is 1. The number of benzene rings is 1. The molecule has 4 heterocycles. The summed E-state index contributed by atoms with van der Waals surface area (Å²) in [7, 11) is 0. The van der Waals surface area contributed by atoms with Crippen LogP contribution in [0.3, 0.4) is 0 Å². The SMILES string of the molecule is Cc1ccsc1C(=O)N1CCC2(CC1)NCc1ccccc1-n1ccnc12. The first-order chi connectivity index (χ1) is 13.2. The molecule has 1 spiro atoms. The smallest absolute Gasteiger partial charge is 0.264 e. The van der Waals surface area contributed by atoms with Crippen LogP contribution in [0.4, 0.5) is 0 Å². The van der Waals surface area contributed by atoms with Gasteiger partial charge >= 0.3 is 0 Å². The van der Waals surface area contributed by atoms with Crippen LogP contribution in [0.25, 0.3) is 5.69 Å². The van der Waals surface area contributed by atoms with Crippen molar-refractivity contribution < 1.29 is 4.79 Å². The number of amides is 1. The Hall–Kier alpha value is -2.44. The molecule has 27 heavy (non-hydrogen) atoms. The van der Waals surface area contributed by atoms with Gasteiger partial charge in [-0.3, -0.25) is 4.79 Å². The summed E-state index contributed by atoms with van der Waals surface area (Å²) in [5.41, 5.74) is 3.36. The zero-order valence-corrected chi connectivity index (χ0v) is 16.1. The first-order valence-corrected chi connectivity index (χ1v) is 10.3. The number of nitrogens with zero attached hydrogens (tertiary/aromatic N) is 3. The minimum absolute atomic E-state index is 0.164. The number of para-hydroxylation sites is 1. The van der Waals surface area contributed by atoms with Crippen LogP contribution < -0.4 is 5.32 Å². The van der Waals surface area contributed by atoms with Crippen LogP contribution in [0, 0.1) is 6.92 Å². The van der Waals surface area contributed by atoms with Gasteiger partial charge in [-0.2, -0.15) is 0 Å². The maximum atomic E-state index is 12.9. The highest BCUT2D eigenvalue weighted by Crippen LogP contribution is 2.37. The van der Waals surface area contributed by atoms with Crippen LogP contribution in [-0.2, 0) is 12.1 Å². The van der Waals surface area contributed by atoms with Crippen molar-refractivity contribution in [3.8, 4) is 5.69 Å². The maximum absolute atomic E-state index is 12.9. The van der Waals surface area contributed by atoms with Gasteiger partial charge in [0.15, 0.2) is 0 Å². The van der Waals surface area contributed by atoms with E-state index in [1.165, 1.54) is 22.6 Å². The van der Waals surface area contributed by atoms with Gasteiger partial charge in [-0.25, -0.2) is 4.98 Å². The number of imidazole rings is 1. The Morgan fingerprint density at radius 3 is 2.81 bits per heavy atom. The topological polar surface area (TPSA) is 50.2 Å². The lowest BCUT2D eigenvalue weighted by Gasteiger charge is -2.41. The molecule has 0 radical (unpaired) electrons. The second kappa shape index (κ2) is 6.32. The highest BCUT2D eigenvalue weighted by atomic mass is 32.1. The van der Waals surface area contributed by atoms with Crippen molar-refractivity contribution in [1.82, 2.24) is 19.8 Å². The molecule has 0 unspecified atom stereocenters. The highest BCUT2D eigenvalue weighted by Gasteiger charge is 2.42. The monoisotopic (exact) mass is 378 g/mol. The molecule has 0 saturated carbocycles. The van der Waals surface area contributed by atoms with Crippen LogP contribution in [0.5, 0.6) is 0 Å². The molecule has 2 aromatic heterocycles.